The number of nitro groups is 1. The molecule has 120 valence electrons. The number of hydrogen-bond acceptors (Lipinski definition) is 7. The summed E-state index contributed by atoms with van der Waals surface area (Å²) in [5.41, 5.74) is 0.930. The lowest BCUT2D eigenvalue weighted by Crippen LogP contribution is -2.15. The molecular formula is C15H14N2O6. The lowest BCUT2D eigenvalue weighted by molar-refractivity contribution is -0.385. The van der Waals surface area contributed by atoms with Crippen molar-refractivity contribution >= 4 is 17.4 Å². The number of aromatic nitrogens is 1. The molecule has 0 radical (unpaired) electrons. The van der Waals surface area contributed by atoms with Crippen LogP contribution in [0.1, 0.15) is 37.7 Å². The number of carbonyl (C=O) groups excluding carboxylic acids is 2. The summed E-state index contributed by atoms with van der Waals surface area (Å²) in [6.45, 7) is 4.19. The van der Waals surface area contributed by atoms with Crippen LogP contribution in [0.25, 0.3) is 0 Å². The van der Waals surface area contributed by atoms with Crippen LogP contribution >= 0.6 is 0 Å². The van der Waals surface area contributed by atoms with E-state index in [1.54, 1.807) is 20.8 Å². The fourth-order valence-corrected chi connectivity index (χ4v) is 2.04. The molecule has 1 heterocycles. The Bertz CT molecular complexity index is 774. The number of Topliss-reactive ketones (excluding diaryl/α,β-unsaturated/α-hetero) is 1. The van der Waals surface area contributed by atoms with Gasteiger partial charge in [-0.1, -0.05) is 17.3 Å². The summed E-state index contributed by atoms with van der Waals surface area (Å²) in [6, 6.07) is 4.09. The highest BCUT2D eigenvalue weighted by Crippen LogP contribution is 2.20. The molecule has 1 aromatic carbocycles. The van der Waals surface area contributed by atoms with Gasteiger partial charge in [0.05, 0.1) is 10.6 Å². The summed E-state index contributed by atoms with van der Waals surface area (Å²) in [6.07, 6.45) is 0. The van der Waals surface area contributed by atoms with Crippen LogP contribution in [0.4, 0.5) is 5.69 Å². The fraction of sp³-hybridized carbons (Fsp3) is 0.267. The number of nitrogens with zero attached hydrogens (tertiary/aromatic N) is 2. The minimum Gasteiger partial charge on any atom is -0.454 e. The van der Waals surface area contributed by atoms with Gasteiger partial charge in [-0.3, -0.25) is 14.9 Å². The van der Waals surface area contributed by atoms with Crippen molar-refractivity contribution in [1.82, 2.24) is 5.16 Å². The Hall–Kier alpha value is -3.03. The largest absolute Gasteiger partial charge is 0.454 e. The number of carbonyl (C=O) groups is 2. The van der Waals surface area contributed by atoms with Crippen LogP contribution in [-0.4, -0.2) is 28.4 Å². The van der Waals surface area contributed by atoms with Crippen LogP contribution in [0.5, 0.6) is 0 Å². The Kier molecular flexibility index (Phi) is 4.54. The number of benzene rings is 1. The zero-order valence-corrected chi connectivity index (χ0v) is 12.8. The quantitative estimate of drug-likeness (QED) is 0.360. The molecule has 0 unspecified atom stereocenters. The molecule has 0 saturated heterocycles. The van der Waals surface area contributed by atoms with Gasteiger partial charge in [0, 0.05) is 17.2 Å². The van der Waals surface area contributed by atoms with Crippen LogP contribution in [-0.2, 0) is 4.74 Å². The predicted molar refractivity (Wildman–Crippen MR) is 78.4 cm³/mol. The molecule has 8 heteroatoms. The highest BCUT2D eigenvalue weighted by molar-refractivity contribution is 6.00. The van der Waals surface area contributed by atoms with E-state index in [-0.39, 0.29) is 16.8 Å². The van der Waals surface area contributed by atoms with Crippen molar-refractivity contribution in [1.29, 1.82) is 0 Å². The number of nitro benzene ring substituents is 1. The van der Waals surface area contributed by atoms with Gasteiger partial charge in [0.2, 0.25) is 5.78 Å². The van der Waals surface area contributed by atoms with Crippen LogP contribution in [0, 0.1) is 30.9 Å². The van der Waals surface area contributed by atoms with Gasteiger partial charge in [-0.2, -0.15) is 0 Å². The molecule has 8 nitrogen and oxygen atoms in total. The number of ether oxygens (including phenoxy) is 1. The lowest BCUT2D eigenvalue weighted by Gasteiger charge is -2.05. The first-order valence-electron chi connectivity index (χ1n) is 6.69. The van der Waals surface area contributed by atoms with Crippen LogP contribution < -0.4 is 0 Å². The standard InChI is InChI=1S/C15H14N2O6/c1-8-4-5-11(6-12(8)17(20)21)13(18)7-22-15(19)14-9(2)16-23-10(14)3/h4-6H,7H2,1-3H3. The maximum absolute atomic E-state index is 12.0. The average Bonchev–Trinajstić information content (AvgIpc) is 2.83. The monoisotopic (exact) mass is 318 g/mol. The highest BCUT2D eigenvalue weighted by atomic mass is 16.6. The maximum atomic E-state index is 12.0. The van der Waals surface area contributed by atoms with E-state index >= 15 is 0 Å². The molecule has 2 rings (SSSR count). The maximum Gasteiger partial charge on any atom is 0.344 e. The summed E-state index contributed by atoms with van der Waals surface area (Å²) in [5, 5.41) is 14.5. The highest BCUT2D eigenvalue weighted by Gasteiger charge is 2.21. The number of aryl methyl sites for hydroxylation is 3. The molecule has 0 aliphatic carbocycles. The topological polar surface area (TPSA) is 113 Å². The molecule has 0 atom stereocenters. The van der Waals surface area contributed by atoms with E-state index in [1.165, 1.54) is 18.2 Å². The predicted octanol–water partition coefficient (Wildman–Crippen LogP) is 2.55. The zero-order chi connectivity index (χ0) is 17.1. The summed E-state index contributed by atoms with van der Waals surface area (Å²) in [4.78, 5) is 34.3. The molecule has 0 spiro atoms. The fourth-order valence-electron chi connectivity index (χ4n) is 2.04. The SMILES string of the molecule is Cc1ccc(C(=O)COC(=O)c2c(C)noc2C)cc1[N+](=O)[O-]. The van der Waals surface area contributed by atoms with Gasteiger partial charge in [0.1, 0.15) is 11.3 Å². The van der Waals surface area contributed by atoms with E-state index in [9.17, 15) is 19.7 Å². The van der Waals surface area contributed by atoms with E-state index in [2.05, 4.69) is 5.16 Å². The van der Waals surface area contributed by atoms with Crippen LogP contribution in [0.2, 0.25) is 0 Å². The third kappa shape index (κ3) is 3.42. The minimum absolute atomic E-state index is 0.105. The molecule has 0 aliphatic rings. The van der Waals surface area contributed by atoms with Crippen molar-refractivity contribution < 1.29 is 23.8 Å². The van der Waals surface area contributed by atoms with Crippen molar-refractivity contribution in [2.24, 2.45) is 0 Å². The summed E-state index contributed by atoms with van der Waals surface area (Å²) in [7, 11) is 0. The summed E-state index contributed by atoms with van der Waals surface area (Å²) >= 11 is 0. The molecular weight excluding hydrogens is 304 g/mol. The van der Waals surface area contributed by atoms with Gasteiger partial charge < -0.3 is 9.26 Å². The third-order valence-electron chi connectivity index (χ3n) is 3.30. The summed E-state index contributed by atoms with van der Waals surface area (Å²) in [5.74, 6) is -0.963. The Balaban J connectivity index is 2.10. The lowest BCUT2D eigenvalue weighted by atomic mass is 10.1. The third-order valence-corrected chi connectivity index (χ3v) is 3.30. The van der Waals surface area contributed by atoms with E-state index in [0.29, 0.717) is 17.0 Å². The molecule has 0 saturated carbocycles. The Morgan fingerprint density at radius 3 is 2.57 bits per heavy atom. The first-order valence-corrected chi connectivity index (χ1v) is 6.69. The van der Waals surface area contributed by atoms with Gasteiger partial charge in [0.25, 0.3) is 5.69 Å². The smallest absolute Gasteiger partial charge is 0.344 e. The van der Waals surface area contributed by atoms with E-state index in [0.717, 1.165) is 0 Å². The van der Waals surface area contributed by atoms with Gasteiger partial charge in [-0.25, -0.2) is 4.79 Å². The van der Waals surface area contributed by atoms with Crippen molar-refractivity contribution in [2.75, 3.05) is 6.61 Å². The molecule has 0 amide bonds. The first kappa shape index (κ1) is 16.3. The Morgan fingerprint density at radius 1 is 1.30 bits per heavy atom. The summed E-state index contributed by atoms with van der Waals surface area (Å²) < 4.78 is 9.79. The van der Waals surface area contributed by atoms with Crippen LogP contribution in [0.15, 0.2) is 22.7 Å². The minimum atomic E-state index is -0.726. The molecule has 1 aromatic heterocycles. The average molecular weight is 318 g/mol. The molecule has 2 aromatic rings. The van der Waals surface area contributed by atoms with Crippen molar-refractivity contribution in [3.8, 4) is 0 Å². The molecule has 0 N–H and O–H groups in total. The van der Waals surface area contributed by atoms with Gasteiger partial charge >= 0.3 is 5.97 Å². The second kappa shape index (κ2) is 6.39. The molecule has 0 fully saturated rings. The van der Waals surface area contributed by atoms with Crippen molar-refractivity contribution in [3.63, 3.8) is 0 Å². The van der Waals surface area contributed by atoms with Crippen molar-refractivity contribution in [2.45, 2.75) is 20.8 Å². The van der Waals surface area contributed by atoms with Gasteiger partial charge in [0.15, 0.2) is 6.61 Å². The second-order valence-electron chi connectivity index (χ2n) is 4.96. The van der Waals surface area contributed by atoms with E-state index < -0.39 is 23.3 Å². The number of rotatable bonds is 5. The molecule has 0 bridgehead atoms. The van der Waals surface area contributed by atoms with Crippen molar-refractivity contribution in [3.05, 3.63) is 56.5 Å². The normalized spacial score (nSPS) is 10.4. The van der Waals surface area contributed by atoms with Crippen LogP contribution in [0.3, 0.4) is 0 Å². The van der Waals surface area contributed by atoms with Gasteiger partial charge in [-0.15, -0.1) is 0 Å². The Morgan fingerprint density at radius 2 is 2.00 bits per heavy atom. The first-order chi connectivity index (χ1) is 10.8. The number of ketones is 1. The Labute approximate surface area is 131 Å². The van der Waals surface area contributed by atoms with E-state index in [1.807, 2.05) is 0 Å². The number of hydrogen-bond donors (Lipinski definition) is 0. The molecule has 0 aliphatic heterocycles. The molecule has 23 heavy (non-hydrogen) atoms. The zero-order valence-electron chi connectivity index (χ0n) is 12.8. The second-order valence-corrected chi connectivity index (χ2v) is 4.96. The van der Waals surface area contributed by atoms with E-state index in [4.69, 9.17) is 9.26 Å². The van der Waals surface area contributed by atoms with Gasteiger partial charge in [-0.05, 0) is 20.8 Å². The number of esters is 1.